The van der Waals surface area contributed by atoms with Crippen LogP contribution in [0.2, 0.25) is 0 Å². The van der Waals surface area contributed by atoms with Gasteiger partial charge in [0.25, 0.3) is 0 Å². The van der Waals surface area contributed by atoms with Gasteiger partial charge >= 0.3 is 0 Å². The van der Waals surface area contributed by atoms with Crippen LogP contribution in [0.25, 0.3) is 287 Å². The first-order chi connectivity index (χ1) is 72.0. The van der Waals surface area contributed by atoms with Gasteiger partial charge in [0.05, 0.1) is 12.5 Å². The first-order valence-electron chi connectivity index (χ1n) is 49.5. The molecule has 5 heterocycles. The largest absolute Gasteiger partial charge is 0.464 e. The molecule has 678 valence electrons. The molecule has 0 bridgehead atoms. The first kappa shape index (κ1) is 85.0. The molecule has 145 heavy (non-hydrogen) atoms. The zero-order chi connectivity index (χ0) is 95.8. The van der Waals surface area contributed by atoms with Crippen molar-refractivity contribution >= 4 is 130 Å². The average Bonchev–Trinajstić information content (AvgIpc) is 1.67. The molecular weight excluding hydrogens is 1760 g/mol. The molecule has 0 N–H and O–H groups in total. The molecule has 0 fully saturated rings. The number of fused-ring (bicyclic) bond motifs is 12. The predicted octanol–water partition coefficient (Wildman–Crippen LogP) is 40.2. The van der Waals surface area contributed by atoms with Crippen molar-refractivity contribution in [2.45, 2.75) is 0 Å². The SMILES string of the molecule is c1ccc(-c2coc3ccc(-c4c5ccccc5c(-c5ccc6occ(-c7ccccc7)c6c5)c5ccccc45)cc23)cc1.c1ccc(-c2oc3cccc(-c4c5ccccc5c(-c5ccc6ccccc6c5)c5ccccc45)c3c2-c2ccccc2)cc1.c1ccc(-c2oc3cccc(-c4c5ccccc5c(-c5cccc6oc(-c7ccccc7)c(-c7ccccc7)c56)c5ccccc45)c3c2-c2ccccc2)cc1. The van der Waals surface area contributed by atoms with Crippen molar-refractivity contribution in [1.82, 2.24) is 0 Å². The Morgan fingerprint density at radius 3 is 0.628 bits per heavy atom. The Bertz CT molecular complexity index is 9470. The molecule has 5 nitrogen and oxygen atoms in total. The van der Waals surface area contributed by atoms with Gasteiger partial charge in [0.15, 0.2) is 0 Å². The highest BCUT2D eigenvalue weighted by molar-refractivity contribution is 6.30. The van der Waals surface area contributed by atoms with Gasteiger partial charge in [-0.2, -0.15) is 0 Å². The van der Waals surface area contributed by atoms with Gasteiger partial charge in [-0.3, -0.25) is 0 Å². The van der Waals surface area contributed by atoms with Crippen molar-refractivity contribution in [3.63, 3.8) is 0 Å². The number of hydrogen-bond acceptors (Lipinski definition) is 5. The number of furan rings is 5. The van der Waals surface area contributed by atoms with E-state index in [0.29, 0.717) is 0 Å². The maximum atomic E-state index is 6.85. The molecule has 24 aromatic carbocycles. The number of rotatable bonds is 14. The van der Waals surface area contributed by atoms with Crippen molar-refractivity contribution in [3.05, 3.63) is 534 Å². The Kier molecular flexibility index (Phi) is 21.2. The molecule has 0 saturated heterocycles. The molecule has 0 aliphatic rings. The fraction of sp³-hybridized carbons (Fsp3) is 0. The molecule has 0 atom stereocenters. The summed E-state index contributed by atoms with van der Waals surface area (Å²) >= 11 is 0. The Hall–Kier alpha value is -19.2. The number of benzene rings is 24. The maximum Gasteiger partial charge on any atom is 0.143 e. The van der Waals surface area contributed by atoms with Crippen LogP contribution >= 0.6 is 0 Å². The van der Waals surface area contributed by atoms with Crippen molar-refractivity contribution in [2.24, 2.45) is 0 Å². The minimum atomic E-state index is 0.863. The lowest BCUT2D eigenvalue weighted by atomic mass is 9.83. The van der Waals surface area contributed by atoms with Crippen molar-refractivity contribution in [3.8, 4) is 156 Å². The van der Waals surface area contributed by atoms with E-state index < -0.39 is 0 Å². The Labute approximate surface area is 837 Å². The summed E-state index contributed by atoms with van der Waals surface area (Å²) in [5.74, 6) is 2.64. The molecule has 0 aliphatic carbocycles. The van der Waals surface area contributed by atoms with Crippen molar-refractivity contribution < 1.29 is 22.1 Å². The molecule has 0 aliphatic heterocycles. The standard InChI is InChI=1S/C54H34O2.C44H28O.C42H26O2/c1-5-19-35(20-6-1)47-51-43(31-17-33-45(51)55-53(47)37-23-9-3-10-24-37)49-39-27-13-15-29-41(39)50(42-30-16-14-28-40(42)49)44-32-18-34-46-52(44)48(36-21-7-2-8-22-36)54(56-46)38-25-11-4-12-26-38;1-3-15-30(16-4-1)41-43-38(24-13-25-39(43)45-44(41)31-17-5-2-6-18-31)42-36-22-11-9-20-34(36)40(35-21-10-12-23-37(35)42)33-27-26-29-14-7-8-19-32(29)28-33;1-3-11-27(12-4-1)37-25-43-39-21-19-29(23-35(37)39)41-31-15-7-9-17-33(31)42(34-18-10-8-16-32(34)41)30-20-22-40-36(24-30)38(26-44-40)28-13-5-2-6-14-28/h1-34H;1-28H;1-26H. The van der Waals surface area contributed by atoms with E-state index in [1.807, 2.05) is 24.7 Å². The summed E-state index contributed by atoms with van der Waals surface area (Å²) in [6, 6.07) is 185. The van der Waals surface area contributed by atoms with Gasteiger partial charge in [0.2, 0.25) is 0 Å². The summed E-state index contributed by atoms with van der Waals surface area (Å²) in [6.07, 6.45) is 3.75. The lowest BCUT2D eigenvalue weighted by Gasteiger charge is -2.19. The summed E-state index contributed by atoms with van der Waals surface area (Å²) in [4.78, 5) is 0. The molecule has 5 heteroatoms. The third-order valence-electron chi connectivity index (χ3n) is 29.0. The monoisotopic (exact) mass is 1850 g/mol. The van der Waals surface area contributed by atoms with Gasteiger partial charge in [0.1, 0.15) is 45.2 Å². The van der Waals surface area contributed by atoms with Crippen LogP contribution in [0.3, 0.4) is 0 Å². The van der Waals surface area contributed by atoms with E-state index in [-0.39, 0.29) is 0 Å². The van der Waals surface area contributed by atoms with Crippen LogP contribution < -0.4 is 0 Å². The Morgan fingerprint density at radius 1 is 0.117 bits per heavy atom. The molecule has 0 saturated carbocycles. The molecule has 0 spiro atoms. The molecule has 0 unspecified atom stereocenters. The second kappa shape index (κ2) is 36.2. The van der Waals surface area contributed by atoms with E-state index in [4.69, 9.17) is 22.1 Å². The quantitative estimate of drug-likeness (QED) is 0.102. The van der Waals surface area contributed by atoms with Crippen molar-refractivity contribution in [2.75, 3.05) is 0 Å². The maximum absolute atomic E-state index is 6.85. The molecule has 29 rings (SSSR count). The third kappa shape index (κ3) is 14.8. The van der Waals surface area contributed by atoms with Crippen LogP contribution in [0.5, 0.6) is 0 Å². The fourth-order valence-corrected chi connectivity index (χ4v) is 22.7. The predicted molar refractivity (Wildman–Crippen MR) is 607 cm³/mol. The summed E-state index contributed by atoms with van der Waals surface area (Å²) in [5, 5.41) is 22.6. The van der Waals surface area contributed by atoms with Crippen LogP contribution in [0.4, 0.5) is 0 Å². The second-order valence-corrected chi connectivity index (χ2v) is 37.2. The average molecular weight is 1850 g/mol. The summed E-state index contributed by atoms with van der Waals surface area (Å²) in [6.45, 7) is 0. The minimum absolute atomic E-state index is 0.863. The normalized spacial score (nSPS) is 11.6. The number of hydrogen-bond donors (Lipinski definition) is 0. The highest BCUT2D eigenvalue weighted by Crippen LogP contribution is 2.56. The van der Waals surface area contributed by atoms with Gasteiger partial charge < -0.3 is 22.1 Å². The van der Waals surface area contributed by atoms with Gasteiger partial charge in [-0.25, -0.2) is 0 Å². The molecule has 0 amide bonds. The zero-order valence-corrected chi connectivity index (χ0v) is 78.8. The lowest BCUT2D eigenvalue weighted by Crippen LogP contribution is -1.92. The topological polar surface area (TPSA) is 65.7 Å². The van der Waals surface area contributed by atoms with Crippen LogP contribution in [0, 0.1) is 0 Å². The van der Waals surface area contributed by atoms with E-state index in [1.54, 1.807) is 0 Å². The fourth-order valence-electron chi connectivity index (χ4n) is 22.7. The second-order valence-electron chi connectivity index (χ2n) is 37.2. The van der Waals surface area contributed by atoms with Crippen LogP contribution in [0.15, 0.2) is 556 Å². The van der Waals surface area contributed by atoms with Crippen molar-refractivity contribution in [1.29, 1.82) is 0 Å². The third-order valence-corrected chi connectivity index (χ3v) is 29.0. The van der Waals surface area contributed by atoms with E-state index in [2.05, 4.69) is 510 Å². The molecular formula is C140H88O5. The van der Waals surface area contributed by atoms with E-state index in [9.17, 15) is 0 Å². The lowest BCUT2D eigenvalue weighted by molar-refractivity contribution is 0.616. The van der Waals surface area contributed by atoms with Gasteiger partial charge in [-0.05, 0) is 219 Å². The van der Waals surface area contributed by atoms with Gasteiger partial charge in [-0.1, -0.05) is 473 Å². The van der Waals surface area contributed by atoms with Gasteiger partial charge in [-0.15, -0.1) is 0 Å². The summed E-state index contributed by atoms with van der Waals surface area (Å²) in [7, 11) is 0. The molecule has 0 radical (unpaired) electrons. The highest BCUT2D eigenvalue weighted by atomic mass is 16.3. The van der Waals surface area contributed by atoms with E-state index in [0.717, 1.165) is 156 Å². The summed E-state index contributed by atoms with van der Waals surface area (Å²) in [5.41, 5.74) is 33.2. The van der Waals surface area contributed by atoms with Crippen LogP contribution in [0.1, 0.15) is 0 Å². The molecule has 29 aromatic rings. The smallest absolute Gasteiger partial charge is 0.143 e. The zero-order valence-electron chi connectivity index (χ0n) is 78.8. The van der Waals surface area contributed by atoms with Crippen LogP contribution in [-0.4, -0.2) is 0 Å². The van der Waals surface area contributed by atoms with E-state index in [1.165, 1.54) is 131 Å². The van der Waals surface area contributed by atoms with E-state index >= 15 is 0 Å². The Balaban J connectivity index is 0.000000109. The highest BCUT2D eigenvalue weighted by Gasteiger charge is 2.31. The van der Waals surface area contributed by atoms with Crippen LogP contribution in [-0.2, 0) is 0 Å². The summed E-state index contributed by atoms with van der Waals surface area (Å²) < 4.78 is 32.5. The van der Waals surface area contributed by atoms with Gasteiger partial charge in [0, 0.05) is 71.4 Å². The first-order valence-corrected chi connectivity index (χ1v) is 49.5. The molecule has 5 aromatic heterocycles. The minimum Gasteiger partial charge on any atom is -0.464 e. The Morgan fingerprint density at radius 2 is 0.345 bits per heavy atom.